The fourth-order valence-electron chi connectivity index (χ4n) is 2.33. The van der Waals surface area contributed by atoms with E-state index in [1.54, 1.807) is 17.1 Å². The molecule has 0 atom stereocenters. The minimum atomic E-state index is -0.292. The molecular weight excluding hydrogens is 306 g/mol. The molecule has 1 aliphatic rings. The molecular formula is C19H25NO4. The van der Waals surface area contributed by atoms with Crippen LogP contribution in [-0.4, -0.2) is 43.1 Å². The second-order valence-electron chi connectivity index (χ2n) is 5.84. The molecule has 0 heterocycles. The summed E-state index contributed by atoms with van der Waals surface area (Å²) in [6.07, 6.45) is 6.57. The normalized spacial score (nSPS) is 13.8. The first-order valence-corrected chi connectivity index (χ1v) is 8.42. The summed E-state index contributed by atoms with van der Waals surface area (Å²) in [6.45, 7) is 3.17. The van der Waals surface area contributed by atoms with E-state index in [4.69, 9.17) is 4.74 Å². The van der Waals surface area contributed by atoms with Crippen LogP contribution in [0.3, 0.4) is 0 Å². The highest BCUT2D eigenvalue weighted by Crippen LogP contribution is 2.27. The second kappa shape index (κ2) is 9.11. The zero-order chi connectivity index (χ0) is 17.4. The lowest BCUT2D eigenvalue weighted by molar-refractivity contribution is -0.141. The summed E-state index contributed by atoms with van der Waals surface area (Å²) in [6, 6.07) is 7.90. The number of hydrogen-bond donors (Lipinski definition) is 0. The largest absolute Gasteiger partial charge is 0.494 e. The molecule has 0 aromatic heterocycles. The van der Waals surface area contributed by atoms with E-state index in [1.807, 2.05) is 24.3 Å². The molecule has 1 aromatic carbocycles. The first-order valence-electron chi connectivity index (χ1n) is 8.42. The van der Waals surface area contributed by atoms with E-state index in [2.05, 4.69) is 11.7 Å². The quantitative estimate of drug-likeness (QED) is 0.515. The maximum Gasteiger partial charge on any atom is 0.307 e. The Kier molecular flexibility index (Phi) is 6.85. The van der Waals surface area contributed by atoms with Crippen LogP contribution in [0.1, 0.15) is 38.2 Å². The number of nitrogens with zero attached hydrogens (tertiary/aromatic N) is 1. The molecule has 1 saturated carbocycles. The van der Waals surface area contributed by atoms with Crippen molar-refractivity contribution in [3.63, 3.8) is 0 Å². The predicted octanol–water partition coefficient (Wildman–Crippen LogP) is 3.04. The minimum absolute atomic E-state index is 0.0623. The van der Waals surface area contributed by atoms with Crippen molar-refractivity contribution < 1.29 is 19.1 Å². The molecule has 0 radical (unpaired) electrons. The molecule has 24 heavy (non-hydrogen) atoms. The SMILES string of the molecule is CCCOc1ccc(/C=C/C(=O)N(CCC(=O)OC)C2CC2)cc1. The van der Waals surface area contributed by atoms with Crippen LogP contribution in [0.5, 0.6) is 5.75 Å². The highest BCUT2D eigenvalue weighted by atomic mass is 16.5. The lowest BCUT2D eigenvalue weighted by Crippen LogP contribution is -2.33. The first-order chi connectivity index (χ1) is 11.6. The van der Waals surface area contributed by atoms with Crippen molar-refractivity contribution in [1.82, 2.24) is 4.90 Å². The van der Waals surface area contributed by atoms with Gasteiger partial charge in [0.05, 0.1) is 20.1 Å². The summed E-state index contributed by atoms with van der Waals surface area (Å²) in [4.78, 5) is 25.4. The van der Waals surface area contributed by atoms with E-state index in [9.17, 15) is 9.59 Å². The first kappa shape index (κ1) is 18.0. The standard InChI is InChI=1S/C19H25NO4/c1-3-14-24-17-9-4-15(5-10-17)6-11-18(21)20(16-7-8-16)13-12-19(22)23-2/h4-6,9-11,16H,3,7-8,12-14H2,1-2H3/b11-6+. The highest BCUT2D eigenvalue weighted by molar-refractivity contribution is 5.92. The van der Waals surface area contributed by atoms with Gasteiger partial charge in [-0.15, -0.1) is 0 Å². The lowest BCUT2D eigenvalue weighted by Gasteiger charge is -2.20. The molecule has 1 amide bonds. The smallest absolute Gasteiger partial charge is 0.307 e. The third kappa shape index (κ3) is 5.72. The topological polar surface area (TPSA) is 55.8 Å². The number of methoxy groups -OCH3 is 1. The number of benzene rings is 1. The van der Waals surface area contributed by atoms with E-state index in [1.165, 1.54) is 7.11 Å². The molecule has 5 nitrogen and oxygen atoms in total. The number of carbonyl (C=O) groups is 2. The Balaban J connectivity index is 1.90. The number of amides is 1. The molecule has 1 aromatic rings. The van der Waals surface area contributed by atoms with E-state index in [0.29, 0.717) is 13.2 Å². The van der Waals surface area contributed by atoms with E-state index >= 15 is 0 Å². The van der Waals surface area contributed by atoms with Crippen molar-refractivity contribution in [2.24, 2.45) is 0 Å². The fourth-order valence-corrected chi connectivity index (χ4v) is 2.33. The Bertz CT molecular complexity index is 576. The summed E-state index contributed by atoms with van der Waals surface area (Å²) in [5.74, 6) is 0.478. The van der Waals surface area contributed by atoms with Gasteiger partial charge in [0.1, 0.15) is 5.75 Å². The molecule has 0 spiro atoms. The van der Waals surface area contributed by atoms with Crippen LogP contribution in [0.4, 0.5) is 0 Å². The zero-order valence-electron chi connectivity index (χ0n) is 14.4. The van der Waals surface area contributed by atoms with Gasteiger partial charge in [-0.1, -0.05) is 19.1 Å². The molecule has 0 unspecified atom stereocenters. The monoisotopic (exact) mass is 331 g/mol. The van der Waals surface area contributed by atoms with Crippen molar-refractivity contribution in [2.75, 3.05) is 20.3 Å². The van der Waals surface area contributed by atoms with Gasteiger partial charge >= 0.3 is 5.97 Å². The van der Waals surface area contributed by atoms with Gasteiger partial charge in [0.25, 0.3) is 0 Å². The maximum absolute atomic E-state index is 12.4. The summed E-state index contributed by atoms with van der Waals surface area (Å²) in [5.41, 5.74) is 0.941. The lowest BCUT2D eigenvalue weighted by atomic mass is 10.2. The van der Waals surface area contributed by atoms with Crippen molar-refractivity contribution in [3.05, 3.63) is 35.9 Å². The number of ether oxygens (including phenoxy) is 2. The van der Waals surface area contributed by atoms with Gasteiger partial charge in [-0.2, -0.15) is 0 Å². The summed E-state index contributed by atoms with van der Waals surface area (Å²) < 4.78 is 10.2. The Hall–Kier alpha value is -2.30. The molecule has 1 fully saturated rings. The Morgan fingerprint density at radius 1 is 1.25 bits per heavy atom. The van der Waals surface area contributed by atoms with Gasteiger partial charge in [0, 0.05) is 18.7 Å². The second-order valence-corrected chi connectivity index (χ2v) is 5.84. The van der Waals surface area contributed by atoms with Crippen LogP contribution < -0.4 is 4.74 Å². The molecule has 130 valence electrons. The molecule has 0 aliphatic heterocycles. The maximum atomic E-state index is 12.4. The van der Waals surface area contributed by atoms with E-state index < -0.39 is 0 Å². The van der Waals surface area contributed by atoms with Crippen LogP contribution in [0.25, 0.3) is 6.08 Å². The van der Waals surface area contributed by atoms with Crippen LogP contribution in [-0.2, 0) is 14.3 Å². The van der Waals surface area contributed by atoms with Crippen molar-refractivity contribution >= 4 is 18.0 Å². The summed E-state index contributed by atoms with van der Waals surface area (Å²) >= 11 is 0. The molecule has 5 heteroatoms. The number of hydrogen-bond acceptors (Lipinski definition) is 4. The Morgan fingerprint density at radius 2 is 1.96 bits per heavy atom. The average molecular weight is 331 g/mol. The zero-order valence-corrected chi connectivity index (χ0v) is 14.4. The Labute approximate surface area is 143 Å². The van der Waals surface area contributed by atoms with Crippen molar-refractivity contribution in [3.8, 4) is 5.75 Å². The molecule has 0 bridgehead atoms. The molecule has 2 rings (SSSR count). The van der Waals surface area contributed by atoms with Crippen LogP contribution in [0.2, 0.25) is 0 Å². The predicted molar refractivity (Wildman–Crippen MR) is 92.6 cm³/mol. The number of esters is 1. The highest BCUT2D eigenvalue weighted by Gasteiger charge is 2.31. The number of rotatable bonds is 9. The van der Waals surface area contributed by atoms with Gasteiger partial charge in [0.2, 0.25) is 5.91 Å². The summed E-state index contributed by atoms with van der Waals surface area (Å²) in [5, 5.41) is 0. The van der Waals surface area contributed by atoms with Crippen LogP contribution in [0.15, 0.2) is 30.3 Å². The molecule has 0 N–H and O–H groups in total. The van der Waals surface area contributed by atoms with Gasteiger partial charge in [0.15, 0.2) is 0 Å². The number of carbonyl (C=O) groups excluding carboxylic acids is 2. The van der Waals surface area contributed by atoms with Crippen molar-refractivity contribution in [1.29, 1.82) is 0 Å². The van der Waals surface area contributed by atoms with E-state index in [0.717, 1.165) is 30.6 Å². The van der Waals surface area contributed by atoms with Gasteiger partial charge in [-0.3, -0.25) is 9.59 Å². The van der Waals surface area contributed by atoms with Gasteiger partial charge in [-0.05, 0) is 43.0 Å². The van der Waals surface area contributed by atoms with Crippen LogP contribution in [0, 0.1) is 0 Å². The van der Waals surface area contributed by atoms with Gasteiger partial charge < -0.3 is 14.4 Å². The van der Waals surface area contributed by atoms with E-state index in [-0.39, 0.29) is 24.3 Å². The van der Waals surface area contributed by atoms with Crippen molar-refractivity contribution in [2.45, 2.75) is 38.6 Å². The average Bonchev–Trinajstić information content (AvgIpc) is 3.44. The Morgan fingerprint density at radius 3 is 2.54 bits per heavy atom. The minimum Gasteiger partial charge on any atom is -0.494 e. The third-order valence-corrected chi connectivity index (χ3v) is 3.83. The molecule has 0 saturated heterocycles. The summed E-state index contributed by atoms with van der Waals surface area (Å²) in [7, 11) is 1.36. The van der Waals surface area contributed by atoms with Gasteiger partial charge in [-0.25, -0.2) is 0 Å². The fraction of sp³-hybridized carbons (Fsp3) is 0.474. The third-order valence-electron chi connectivity index (χ3n) is 3.83. The molecule has 1 aliphatic carbocycles. The van der Waals surface area contributed by atoms with Crippen LogP contribution >= 0.6 is 0 Å².